The van der Waals surface area contributed by atoms with Crippen molar-refractivity contribution < 1.29 is 18.4 Å². The molecule has 0 saturated heterocycles. The zero-order valence-electron chi connectivity index (χ0n) is 9.85. The summed E-state index contributed by atoms with van der Waals surface area (Å²) < 4.78 is 27.0. The van der Waals surface area contributed by atoms with Gasteiger partial charge in [0.25, 0.3) is 11.7 Å². The molecule has 1 amide bonds. The number of benzene rings is 1. The molecule has 0 unspecified atom stereocenters. The highest BCUT2D eigenvalue weighted by atomic mass is 19.2. The number of ketones is 1. The van der Waals surface area contributed by atoms with Gasteiger partial charge in [-0.2, -0.15) is 5.10 Å². The van der Waals surface area contributed by atoms with E-state index in [0.717, 1.165) is 18.2 Å². The number of aryl methyl sites for hydroxylation is 1. The van der Waals surface area contributed by atoms with Crippen LogP contribution in [-0.4, -0.2) is 21.5 Å². The highest BCUT2D eigenvalue weighted by molar-refractivity contribution is 6.46. The molecule has 1 heterocycles. The molecule has 0 aliphatic rings. The molecule has 2 aromatic rings. The molecule has 5 nitrogen and oxygen atoms in total. The summed E-state index contributed by atoms with van der Waals surface area (Å²) in [6.07, 6.45) is 2.63. The third-order valence-corrected chi connectivity index (χ3v) is 2.35. The molecule has 0 atom stereocenters. The summed E-state index contributed by atoms with van der Waals surface area (Å²) in [7, 11) is 1.60. The van der Waals surface area contributed by atoms with E-state index in [0.29, 0.717) is 0 Å². The number of hydrogen-bond donors (Lipinski definition) is 1. The fraction of sp³-hybridized carbons (Fsp3) is 0.0833. The van der Waals surface area contributed by atoms with Crippen LogP contribution in [0.5, 0.6) is 0 Å². The van der Waals surface area contributed by atoms with Crippen molar-refractivity contribution >= 4 is 17.4 Å². The van der Waals surface area contributed by atoms with Crippen LogP contribution in [0.3, 0.4) is 0 Å². The summed E-state index contributed by atoms with van der Waals surface area (Å²) in [4.78, 5) is 23.3. The molecule has 0 aliphatic heterocycles. The smallest absolute Gasteiger partial charge is 0.296 e. The van der Waals surface area contributed by atoms with E-state index in [-0.39, 0.29) is 11.3 Å². The van der Waals surface area contributed by atoms with E-state index in [1.54, 1.807) is 7.05 Å². The largest absolute Gasteiger partial charge is 0.319 e. The number of anilines is 1. The first-order valence-electron chi connectivity index (χ1n) is 5.27. The second kappa shape index (κ2) is 4.97. The molecule has 98 valence electrons. The average Bonchev–Trinajstić information content (AvgIpc) is 2.79. The van der Waals surface area contributed by atoms with Gasteiger partial charge in [-0.1, -0.05) is 0 Å². The first kappa shape index (κ1) is 12.9. The van der Waals surface area contributed by atoms with Crippen LogP contribution < -0.4 is 5.32 Å². The Morgan fingerprint density at radius 1 is 1.26 bits per heavy atom. The van der Waals surface area contributed by atoms with Crippen LogP contribution in [0.1, 0.15) is 10.4 Å². The monoisotopic (exact) mass is 265 g/mol. The molecule has 0 fully saturated rings. The molecular formula is C12H9F2N3O2. The molecule has 0 radical (unpaired) electrons. The molecule has 0 bridgehead atoms. The third-order valence-electron chi connectivity index (χ3n) is 2.35. The summed E-state index contributed by atoms with van der Waals surface area (Å²) in [5, 5.41) is 5.94. The topological polar surface area (TPSA) is 64.0 Å². The minimum absolute atomic E-state index is 0.00106. The van der Waals surface area contributed by atoms with Gasteiger partial charge in [-0.15, -0.1) is 0 Å². The summed E-state index contributed by atoms with van der Waals surface area (Å²) in [6.45, 7) is 0. The molecule has 0 aliphatic carbocycles. The van der Waals surface area contributed by atoms with Gasteiger partial charge in [0.1, 0.15) is 0 Å². The number of aromatic nitrogens is 2. The zero-order chi connectivity index (χ0) is 14.0. The van der Waals surface area contributed by atoms with Crippen LogP contribution in [-0.2, 0) is 11.8 Å². The third kappa shape index (κ3) is 2.82. The predicted molar refractivity (Wildman–Crippen MR) is 62.5 cm³/mol. The molecule has 2 rings (SSSR count). The van der Waals surface area contributed by atoms with Crippen molar-refractivity contribution in [1.82, 2.24) is 9.78 Å². The number of carbonyl (C=O) groups is 2. The second-order valence-electron chi connectivity index (χ2n) is 3.81. The average molecular weight is 265 g/mol. The number of hydrogen-bond acceptors (Lipinski definition) is 3. The van der Waals surface area contributed by atoms with E-state index in [9.17, 15) is 18.4 Å². The van der Waals surface area contributed by atoms with Crippen LogP contribution in [0, 0.1) is 11.6 Å². The number of nitrogens with zero attached hydrogens (tertiary/aromatic N) is 2. The number of carbonyl (C=O) groups excluding carboxylic acids is 2. The summed E-state index contributed by atoms with van der Waals surface area (Å²) >= 11 is 0. The zero-order valence-corrected chi connectivity index (χ0v) is 9.85. The summed E-state index contributed by atoms with van der Waals surface area (Å²) in [5.41, 5.74) is 0.115. The first-order chi connectivity index (χ1) is 8.97. The van der Waals surface area contributed by atoms with Gasteiger partial charge >= 0.3 is 0 Å². The molecule has 0 saturated carbocycles. The highest BCUT2D eigenvalue weighted by Crippen LogP contribution is 2.13. The van der Waals surface area contributed by atoms with Gasteiger partial charge in [0.15, 0.2) is 11.6 Å². The Labute approximate surface area is 106 Å². The molecule has 1 N–H and O–H groups in total. The van der Waals surface area contributed by atoms with Gasteiger partial charge in [-0.3, -0.25) is 14.3 Å². The van der Waals surface area contributed by atoms with Crippen molar-refractivity contribution in [3.05, 3.63) is 47.8 Å². The van der Waals surface area contributed by atoms with Crippen LogP contribution >= 0.6 is 0 Å². The summed E-state index contributed by atoms with van der Waals surface area (Å²) in [6, 6.07) is 2.82. The van der Waals surface area contributed by atoms with Crippen LogP contribution in [0.15, 0.2) is 30.6 Å². The van der Waals surface area contributed by atoms with E-state index in [4.69, 9.17) is 0 Å². The molecule has 0 spiro atoms. The van der Waals surface area contributed by atoms with Crippen LogP contribution in [0.4, 0.5) is 14.5 Å². The Hall–Kier alpha value is -2.57. The molecule has 1 aromatic heterocycles. The number of rotatable bonds is 3. The SMILES string of the molecule is Cn1cc(C(=O)C(=O)Nc2ccc(F)c(F)c2)cn1. The Balaban J connectivity index is 2.12. The minimum atomic E-state index is -1.10. The fourth-order valence-corrected chi connectivity index (χ4v) is 1.43. The quantitative estimate of drug-likeness (QED) is 0.676. The van der Waals surface area contributed by atoms with E-state index in [2.05, 4.69) is 10.4 Å². The Bertz CT molecular complexity index is 652. The lowest BCUT2D eigenvalue weighted by atomic mass is 10.2. The van der Waals surface area contributed by atoms with E-state index >= 15 is 0 Å². The van der Waals surface area contributed by atoms with E-state index < -0.39 is 23.3 Å². The molecule has 19 heavy (non-hydrogen) atoms. The van der Waals surface area contributed by atoms with Gasteiger partial charge in [-0.05, 0) is 12.1 Å². The van der Waals surface area contributed by atoms with Gasteiger partial charge in [0, 0.05) is 25.0 Å². The lowest BCUT2D eigenvalue weighted by Crippen LogP contribution is -2.22. The van der Waals surface area contributed by atoms with Gasteiger partial charge in [-0.25, -0.2) is 8.78 Å². The number of Topliss-reactive ketones (excluding diaryl/α,β-unsaturated/α-hetero) is 1. The number of halogens is 2. The van der Waals surface area contributed by atoms with E-state index in [1.165, 1.54) is 17.1 Å². The maximum atomic E-state index is 12.9. The lowest BCUT2D eigenvalue weighted by molar-refractivity contribution is -0.112. The van der Waals surface area contributed by atoms with Gasteiger partial charge in [0.05, 0.1) is 11.8 Å². The Kier molecular flexibility index (Phi) is 3.37. The van der Waals surface area contributed by atoms with Gasteiger partial charge in [0.2, 0.25) is 0 Å². The van der Waals surface area contributed by atoms with Crippen molar-refractivity contribution in [2.24, 2.45) is 7.05 Å². The number of nitrogens with one attached hydrogen (secondary N) is 1. The van der Waals surface area contributed by atoms with Crippen molar-refractivity contribution in [1.29, 1.82) is 0 Å². The maximum absolute atomic E-state index is 12.9. The highest BCUT2D eigenvalue weighted by Gasteiger charge is 2.18. The van der Waals surface area contributed by atoms with Crippen molar-refractivity contribution in [3.8, 4) is 0 Å². The predicted octanol–water partition coefficient (Wildman–Crippen LogP) is 1.52. The van der Waals surface area contributed by atoms with Crippen molar-refractivity contribution in [2.45, 2.75) is 0 Å². The van der Waals surface area contributed by atoms with E-state index in [1.807, 2.05) is 0 Å². The Morgan fingerprint density at radius 2 is 2.00 bits per heavy atom. The Morgan fingerprint density at radius 3 is 2.58 bits per heavy atom. The number of amides is 1. The van der Waals surface area contributed by atoms with Crippen LogP contribution in [0.25, 0.3) is 0 Å². The first-order valence-corrected chi connectivity index (χ1v) is 5.27. The molecular weight excluding hydrogens is 256 g/mol. The molecule has 7 heteroatoms. The maximum Gasteiger partial charge on any atom is 0.296 e. The van der Waals surface area contributed by atoms with Crippen molar-refractivity contribution in [2.75, 3.05) is 5.32 Å². The van der Waals surface area contributed by atoms with Crippen LogP contribution in [0.2, 0.25) is 0 Å². The summed E-state index contributed by atoms with van der Waals surface area (Å²) in [5.74, 6) is -3.89. The molecule has 1 aromatic carbocycles. The second-order valence-corrected chi connectivity index (χ2v) is 3.81. The van der Waals surface area contributed by atoms with Crippen molar-refractivity contribution in [3.63, 3.8) is 0 Å². The van der Waals surface area contributed by atoms with Gasteiger partial charge < -0.3 is 5.32 Å². The lowest BCUT2D eigenvalue weighted by Gasteiger charge is -2.03. The minimum Gasteiger partial charge on any atom is -0.319 e. The fourth-order valence-electron chi connectivity index (χ4n) is 1.43. The normalized spacial score (nSPS) is 10.3. The standard InChI is InChI=1S/C12H9F2N3O2/c1-17-6-7(5-15-17)11(18)12(19)16-8-2-3-9(13)10(14)4-8/h2-6H,1H3,(H,16,19).